The number of likely N-dealkylation sites (tertiary alicyclic amines) is 1. The number of alkyl carbamates (subject to hydrolysis) is 1. The quantitative estimate of drug-likeness (QED) is 0.458. The van der Waals surface area contributed by atoms with E-state index < -0.39 is 24.2 Å². The summed E-state index contributed by atoms with van der Waals surface area (Å²) in [6.07, 6.45) is 5.86. The Morgan fingerprint density at radius 1 is 1.29 bits per heavy atom. The molecule has 1 aromatic rings. The minimum Gasteiger partial charge on any atom is -0.480 e. The number of amides is 2. The topological polar surface area (TPSA) is 130 Å². The van der Waals surface area contributed by atoms with Crippen LogP contribution in [0.3, 0.4) is 0 Å². The highest BCUT2D eigenvalue weighted by Crippen LogP contribution is 2.34. The number of nitrogens with zero attached hydrogens (tertiary/aromatic N) is 2. The number of carboxylic acid groups (broad SMARTS) is 1. The zero-order valence-corrected chi connectivity index (χ0v) is 20.3. The standard InChI is InChI=1S/C25H36N4O6/c1-16(30)29-11-8-20(15-29)35-25(33)28-22(24(31)32)9-12-34-21-13-17(14-21)4-6-19-7-5-18-3-2-10-26-23(18)27-19/h5,7,17,20-22H,2-4,6,8-15H2,1H3,(H,26,27)(H,28,33)(H,31,32)/t17?,20?,21?,22-/m0/s1. The summed E-state index contributed by atoms with van der Waals surface area (Å²) in [6.45, 7) is 3.59. The van der Waals surface area contributed by atoms with E-state index in [1.807, 2.05) is 0 Å². The number of rotatable bonds is 10. The van der Waals surface area contributed by atoms with Crippen molar-refractivity contribution in [3.05, 3.63) is 23.4 Å². The van der Waals surface area contributed by atoms with Gasteiger partial charge in [0.15, 0.2) is 0 Å². The molecule has 0 bridgehead atoms. The Bertz CT molecular complexity index is 919. The number of hydrogen-bond donors (Lipinski definition) is 3. The lowest BCUT2D eigenvalue weighted by molar-refractivity contribution is -0.140. The molecule has 10 nitrogen and oxygen atoms in total. The van der Waals surface area contributed by atoms with Gasteiger partial charge >= 0.3 is 12.1 Å². The van der Waals surface area contributed by atoms with E-state index in [0.29, 0.717) is 25.4 Å². The molecule has 2 fully saturated rings. The van der Waals surface area contributed by atoms with Crippen LogP contribution in [0.1, 0.15) is 56.7 Å². The van der Waals surface area contributed by atoms with Crippen LogP contribution < -0.4 is 10.6 Å². The molecule has 4 rings (SSSR count). The van der Waals surface area contributed by atoms with Gasteiger partial charge in [-0.3, -0.25) is 4.79 Å². The van der Waals surface area contributed by atoms with Crippen LogP contribution in [0.5, 0.6) is 0 Å². The van der Waals surface area contributed by atoms with Crippen molar-refractivity contribution in [3.63, 3.8) is 0 Å². The SMILES string of the molecule is CC(=O)N1CCC(OC(=O)N[C@@H](CCOC2CC(CCc3ccc4c(n3)NCCC4)C2)C(=O)O)C1. The van der Waals surface area contributed by atoms with E-state index in [4.69, 9.17) is 14.5 Å². The molecular formula is C25H36N4O6. The fourth-order valence-electron chi connectivity index (χ4n) is 4.95. The monoisotopic (exact) mass is 488 g/mol. The second kappa shape index (κ2) is 11.7. The lowest BCUT2D eigenvalue weighted by Crippen LogP contribution is -2.43. The first-order chi connectivity index (χ1) is 16.9. The number of carbonyl (C=O) groups is 3. The summed E-state index contributed by atoms with van der Waals surface area (Å²) in [5, 5.41) is 15.2. The number of fused-ring (bicyclic) bond motifs is 1. The van der Waals surface area contributed by atoms with Gasteiger partial charge in [-0.15, -0.1) is 0 Å². The highest BCUT2D eigenvalue weighted by Gasteiger charge is 2.31. The van der Waals surface area contributed by atoms with E-state index >= 15 is 0 Å². The van der Waals surface area contributed by atoms with Gasteiger partial charge < -0.3 is 30.1 Å². The molecule has 0 radical (unpaired) electrons. The van der Waals surface area contributed by atoms with E-state index in [-0.39, 0.29) is 25.0 Å². The van der Waals surface area contributed by atoms with Crippen LogP contribution in [-0.4, -0.2) is 77.5 Å². The molecule has 192 valence electrons. The van der Waals surface area contributed by atoms with Crippen molar-refractivity contribution in [3.8, 4) is 0 Å². The second-order valence-electron chi connectivity index (χ2n) is 9.81. The van der Waals surface area contributed by atoms with Crippen molar-refractivity contribution in [1.82, 2.24) is 15.2 Å². The molecule has 0 spiro atoms. The molecule has 2 atom stereocenters. The number of carbonyl (C=O) groups excluding carboxylic acids is 2. The number of aromatic nitrogens is 1. The maximum Gasteiger partial charge on any atom is 0.408 e. The fourth-order valence-corrected chi connectivity index (χ4v) is 4.95. The molecule has 10 heteroatoms. The third-order valence-electron chi connectivity index (χ3n) is 7.17. The number of anilines is 1. The van der Waals surface area contributed by atoms with Gasteiger partial charge in [-0.05, 0) is 56.1 Å². The Morgan fingerprint density at radius 2 is 2.11 bits per heavy atom. The maximum atomic E-state index is 12.1. The summed E-state index contributed by atoms with van der Waals surface area (Å²) in [7, 11) is 0. The van der Waals surface area contributed by atoms with Crippen molar-refractivity contribution in [2.45, 2.75) is 76.5 Å². The number of pyridine rings is 1. The first-order valence-corrected chi connectivity index (χ1v) is 12.7. The summed E-state index contributed by atoms with van der Waals surface area (Å²) in [5.41, 5.74) is 2.43. The molecule has 1 saturated carbocycles. The van der Waals surface area contributed by atoms with Gasteiger partial charge in [0.25, 0.3) is 0 Å². The Morgan fingerprint density at radius 3 is 2.86 bits per heavy atom. The number of carboxylic acids is 1. The Labute approximate surface area is 205 Å². The van der Waals surface area contributed by atoms with Crippen molar-refractivity contribution in [1.29, 1.82) is 0 Å². The molecule has 1 unspecified atom stereocenters. The number of nitrogens with one attached hydrogen (secondary N) is 2. The molecule has 2 amide bonds. The second-order valence-corrected chi connectivity index (χ2v) is 9.81. The first kappa shape index (κ1) is 25.2. The van der Waals surface area contributed by atoms with E-state index in [9.17, 15) is 19.5 Å². The molecule has 3 N–H and O–H groups in total. The predicted octanol–water partition coefficient (Wildman–Crippen LogP) is 2.36. The zero-order valence-electron chi connectivity index (χ0n) is 20.3. The summed E-state index contributed by atoms with van der Waals surface area (Å²) in [5.74, 6) is 0.439. The molecule has 3 heterocycles. The van der Waals surface area contributed by atoms with Crippen LogP contribution in [0.4, 0.5) is 10.6 Å². The van der Waals surface area contributed by atoms with Crippen LogP contribution in [0, 0.1) is 5.92 Å². The minimum atomic E-state index is -1.12. The maximum absolute atomic E-state index is 12.1. The van der Waals surface area contributed by atoms with Crippen molar-refractivity contribution >= 4 is 23.8 Å². The van der Waals surface area contributed by atoms with E-state index in [0.717, 1.165) is 56.6 Å². The molecule has 0 aromatic carbocycles. The molecule has 1 saturated heterocycles. The number of ether oxygens (including phenoxy) is 2. The zero-order chi connectivity index (χ0) is 24.8. The largest absolute Gasteiger partial charge is 0.480 e. The van der Waals surface area contributed by atoms with Crippen LogP contribution in [0.25, 0.3) is 0 Å². The molecule has 2 aliphatic heterocycles. The molecule has 1 aliphatic carbocycles. The summed E-state index contributed by atoms with van der Waals surface area (Å²) < 4.78 is 11.1. The Kier molecular flexibility index (Phi) is 8.43. The van der Waals surface area contributed by atoms with Crippen LogP contribution in [0.2, 0.25) is 0 Å². The van der Waals surface area contributed by atoms with Gasteiger partial charge in [-0.2, -0.15) is 0 Å². The van der Waals surface area contributed by atoms with E-state index in [1.165, 1.54) is 12.5 Å². The molecule has 35 heavy (non-hydrogen) atoms. The van der Waals surface area contributed by atoms with Crippen LogP contribution >= 0.6 is 0 Å². The van der Waals surface area contributed by atoms with Gasteiger partial charge in [-0.25, -0.2) is 14.6 Å². The minimum absolute atomic E-state index is 0.0668. The van der Waals surface area contributed by atoms with Gasteiger partial charge in [0.1, 0.15) is 18.0 Å². The van der Waals surface area contributed by atoms with Crippen molar-refractivity contribution in [2.75, 3.05) is 31.6 Å². The third-order valence-corrected chi connectivity index (χ3v) is 7.17. The van der Waals surface area contributed by atoms with Gasteiger partial charge in [0, 0.05) is 45.2 Å². The lowest BCUT2D eigenvalue weighted by atomic mass is 9.79. The predicted molar refractivity (Wildman–Crippen MR) is 128 cm³/mol. The smallest absolute Gasteiger partial charge is 0.408 e. The molecule has 1 aromatic heterocycles. The summed E-state index contributed by atoms with van der Waals surface area (Å²) in [6, 6.07) is 3.25. The highest BCUT2D eigenvalue weighted by molar-refractivity contribution is 5.80. The normalized spacial score (nSPS) is 24.0. The number of aryl methyl sites for hydroxylation is 2. The van der Waals surface area contributed by atoms with Crippen molar-refractivity contribution < 1.29 is 29.0 Å². The van der Waals surface area contributed by atoms with Crippen molar-refractivity contribution in [2.24, 2.45) is 5.92 Å². The number of aliphatic carboxylic acids is 1. The third kappa shape index (κ3) is 7.06. The lowest BCUT2D eigenvalue weighted by Gasteiger charge is -2.35. The van der Waals surface area contributed by atoms with Gasteiger partial charge in [0.05, 0.1) is 12.6 Å². The molecule has 3 aliphatic rings. The summed E-state index contributed by atoms with van der Waals surface area (Å²) >= 11 is 0. The molecular weight excluding hydrogens is 452 g/mol. The van der Waals surface area contributed by atoms with E-state index in [1.54, 1.807) is 4.90 Å². The first-order valence-electron chi connectivity index (χ1n) is 12.7. The van der Waals surface area contributed by atoms with Gasteiger partial charge in [0.2, 0.25) is 5.91 Å². The van der Waals surface area contributed by atoms with E-state index in [2.05, 4.69) is 22.8 Å². The van der Waals surface area contributed by atoms with Gasteiger partial charge in [-0.1, -0.05) is 6.07 Å². The average molecular weight is 489 g/mol. The van der Waals surface area contributed by atoms with Crippen LogP contribution in [-0.2, 0) is 31.9 Å². The average Bonchev–Trinajstić information content (AvgIpc) is 3.27. The Hall–Kier alpha value is -2.88. The number of hydrogen-bond acceptors (Lipinski definition) is 7. The van der Waals surface area contributed by atoms with Crippen LogP contribution in [0.15, 0.2) is 12.1 Å². The summed E-state index contributed by atoms with van der Waals surface area (Å²) in [4.78, 5) is 41.4. The Balaban J connectivity index is 1.10. The fraction of sp³-hybridized carbons (Fsp3) is 0.680. The highest BCUT2D eigenvalue weighted by atomic mass is 16.6.